The lowest BCUT2D eigenvalue weighted by Crippen LogP contribution is -2.33. The summed E-state index contributed by atoms with van der Waals surface area (Å²) in [6.07, 6.45) is 5.76. The van der Waals surface area contributed by atoms with E-state index in [1.54, 1.807) is 18.3 Å². The number of amides is 1. The van der Waals surface area contributed by atoms with Crippen molar-refractivity contribution in [2.24, 2.45) is 5.92 Å². The number of aliphatic hydroxyl groups excluding tert-OH is 1. The minimum Gasteiger partial charge on any atom is -0.396 e. The quantitative estimate of drug-likeness (QED) is 0.255. The standard InChI is InChI=1S/C30H30FN5O2/c1-2-28(38)33-23-7-3-5-21(17-23)25-8-4-6-22-19-32-30(35-29(22)25)34-27-10-9-24(18-26(27)31)36-14-11-20(12-15-36)13-16-37/h2-10,17-20,37H,1,11-16H2,(H,33,38)(H,32,34,35). The van der Waals surface area contributed by atoms with Crippen molar-refractivity contribution in [3.8, 4) is 11.1 Å². The molecular formula is C30H30FN5O2. The third-order valence-corrected chi connectivity index (χ3v) is 6.95. The molecule has 0 atom stereocenters. The van der Waals surface area contributed by atoms with E-state index in [1.165, 1.54) is 6.08 Å². The van der Waals surface area contributed by atoms with Crippen molar-refractivity contribution in [3.05, 3.63) is 85.3 Å². The van der Waals surface area contributed by atoms with E-state index in [2.05, 4.69) is 27.1 Å². The Balaban J connectivity index is 1.37. The summed E-state index contributed by atoms with van der Waals surface area (Å²) in [7, 11) is 0. The number of anilines is 4. The van der Waals surface area contributed by atoms with Crippen molar-refractivity contribution in [3.63, 3.8) is 0 Å². The van der Waals surface area contributed by atoms with Gasteiger partial charge in [0.2, 0.25) is 11.9 Å². The molecule has 0 unspecified atom stereocenters. The molecule has 0 bridgehead atoms. The van der Waals surface area contributed by atoms with Gasteiger partial charge in [-0.2, -0.15) is 0 Å². The molecule has 1 amide bonds. The minimum absolute atomic E-state index is 0.221. The van der Waals surface area contributed by atoms with Crippen LogP contribution in [-0.4, -0.2) is 40.7 Å². The Bertz CT molecular complexity index is 1470. The minimum atomic E-state index is -0.373. The lowest BCUT2D eigenvalue weighted by Gasteiger charge is -2.33. The van der Waals surface area contributed by atoms with Gasteiger partial charge in [0.25, 0.3) is 0 Å². The number of carbonyl (C=O) groups is 1. The fraction of sp³-hybridized carbons (Fsp3) is 0.233. The molecule has 1 fully saturated rings. The third-order valence-electron chi connectivity index (χ3n) is 6.95. The van der Waals surface area contributed by atoms with Crippen LogP contribution < -0.4 is 15.5 Å². The van der Waals surface area contributed by atoms with Crippen LogP contribution in [0.3, 0.4) is 0 Å². The number of carbonyl (C=O) groups excluding carboxylic acids is 1. The lowest BCUT2D eigenvalue weighted by atomic mass is 9.93. The summed E-state index contributed by atoms with van der Waals surface area (Å²) in [6.45, 7) is 5.42. The SMILES string of the molecule is C=CC(=O)Nc1cccc(-c2cccc3cnc(Nc4ccc(N5CCC(CCO)CC5)cc4F)nc23)c1. The molecule has 4 aromatic rings. The number of hydrogen-bond acceptors (Lipinski definition) is 6. The Hall–Kier alpha value is -4.30. The summed E-state index contributed by atoms with van der Waals surface area (Å²) >= 11 is 0. The Morgan fingerprint density at radius 1 is 1.13 bits per heavy atom. The maximum Gasteiger partial charge on any atom is 0.247 e. The number of nitrogens with zero attached hydrogens (tertiary/aromatic N) is 3. The number of fused-ring (bicyclic) bond motifs is 1. The van der Waals surface area contributed by atoms with Crippen LogP contribution in [0.25, 0.3) is 22.0 Å². The van der Waals surface area contributed by atoms with E-state index in [9.17, 15) is 9.90 Å². The van der Waals surface area contributed by atoms with E-state index >= 15 is 4.39 Å². The van der Waals surface area contributed by atoms with Crippen molar-refractivity contribution >= 4 is 39.8 Å². The molecule has 38 heavy (non-hydrogen) atoms. The van der Waals surface area contributed by atoms with E-state index in [0.717, 1.165) is 54.6 Å². The van der Waals surface area contributed by atoms with Gasteiger partial charge in [-0.05, 0) is 67.2 Å². The van der Waals surface area contributed by atoms with Crippen LogP contribution in [0.2, 0.25) is 0 Å². The van der Waals surface area contributed by atoms with Gasteiger partial charge < -0.3 is 20.6 Å². The van der Waals surface area contributed by atoms with Crippen LogP contribution in [0.4, 0.5) is 27.4 Å². The number of halogens is 1. The molecule has 194 valence electrons. The molecule has 0 radical (unpaired) electrons. The van der Waals surface area contributed by atoms with Crippen molar-refractivity contribution in [1.29, 1.82) is 0 Å². The largest absolute Gasteiger partial charge is 0.396 e. The first-order valence-electron chi connectivity index (χ1n) is 12.8. The second-order valence-electron chi connectivity index (χ2n) is 9.44. The van der Waals surface area contributed by atoms with E-state index in [1.807, 2.05) is 48.5 Å². The predicted octanol–water partition coefficient (Wildman–Crippen LogP) is 5.90. The molecule has 1 aliphatic heterocycles. The molecule has 5 rings (SSSR count). The Labute approximate surface area is 221 Å². The number of nitrogens with one attached hydrogen (secondary N) is 2. The van der Waals surface area contributed by atoms with Crippen LogP contribution in [0.5, 0.6) is 0 Å². The molecule has 7 nitrogen and oxygen atoms in total. The Kier molecular flexibility index (Phi) is 7.60. The highest BCUT2D eigenvalue weighted by molar-refractivity contribution is 6.00. The summed E-state index contributed by atoms with van der Waals surface area (Å²) in [5, 5.41) is 15.8. The number of aliphatic hydroxyl groups is 1. The topological polar surface area (TPSA) is 90.4 Å². The predicted molar refractivity (Wildman–Crippen MR) is 150 cm³/mol. The number of aromatic nitrogens is 2. The van der Waals surface area contributed by atoms with Crippen molar-refractivity contribution in [2.75, 3.05) is 35.2 Å². The van der Waals surface area contributed by atoms with Gasteiger partial charge in [-0.3, -0.25) is 4.79 Å². The number of para-hydroxylation sites is 1. The molecule has 0 saturated carbocycles. The van der Waals surface area contributed by atoms with Gasteiger partial charge in [0.05, 0.1) is 11.2 Å². The molecule has 1 aliphatic rings. The zero-order chi connectivity index (χ0) is 26.5. The van der Waals surface area contributed by atoms with Gasteiger partial charge in [0, 0.05) is 48.2 Å². The van der Waals surface area contributed by atoms with Gasteiger partial charge in [0.15, 0.2) is 0 Å². The fourth-order valence-electron chi connectivity index (χ4n) is 4.89. The van der Waals surface area contributed by atoms with Crippen LogP contribution in [0.15, 0.2) is 79.5 Å². The van der Waals surface area contributed by atoms with Crippen LogP contribution in [0, 0.1) is 11.7 Å². The normalized spacial score (nSPS) is 13.9. The zero-order valence-corrected chi connectivity index (χ0v) is 21.0. The van der Waals surface area contributed by atoms with Gasteiger partial charge in [-0.1, -0.05) is 36.9 Å². The molecule has 1 saturated heterocycles. The summed E-state index contributed by atoms with van der Waals surface area (Å²) in [4.78, 5) is 23.0. The molecule has 2 heterocycles. The smallest absolute Gasteiger partial charge is 0.247 e. The maximum absolute atomic E-state index is 15.1. The summed E-state index contributed by atoms with van der Waals surface area (Å²) in [5.74, 6) is 0.165. The van der Waals surface area contributed by atoms with Gasteiger partial charge >= 0.3 is 0 Å². The highest BCUT2D eigenvalue weighted by atomic mass is 19.1. The zero-order valence-electron chi connectivity index (χ0n) is 21.0. The molecule has 0 aliphatic carbocycles. The average molecular weight is 512 g/mol. The summed E-state index contributed by atoms with van der Waals surface area (Å²) in [6, 6.07) is 18.5. The van der Waals surface area contributed by atoms with Crippen molar-refractivity contribution in [2.45, 2.75) is 19.3 Å². The fourth-order valence-corrected chi connectivity index (χ4v) is 4.89. The lowest BCUT2D eigenvalue weighted by molar-refractivity contribution is -0.111. The molecule has 8 heteroatoms. The number of benzene rings is 3. The van der Waals surface area contributed by atoms with E-state index in [-0.39, 0.29) is 24.3 Å². The third kappa shape index (κ3) is 5.65. The van der Waals surface area contributed by atoms with Crippen LogP contribution in [0.1, 0.15) is 19.3 Å². The molecule has 3 aromatic carbocycles. The monoisotopic (exact) mass is 511 g/mol. The first-order valence-corrected chi connectivity index (χ1v) is 12.8. The average Bonchev–Trinajstić information content (AvgIpc) is 2.94. The summed E-state index contributed by atoms with van der Waals surface area (Å²) in [5.41, 5.74) is 4.25. The van der Waals surface area contributed by atoms with E-state index in [0.29, 0.717) is 22.8 Å². The van der Waals surface area contributed by atoms with Crippen LogP contribution in [-0.2, 0) is 4.79 Å². The Morgan fingerprint density at radius 2 is 1.95 bits per heavy atom. The highest BCUT2D eigenvalue weighted by Gasteiger charge is 2.20. The summed E-state index contributed by atoms with van der Waals surface area (Å²) < 4.78 is 15.1. The first-order chi connectivity index (χ1) is 18.5. The van der Waals surface area contributed by atoms with Crippen LogP contribution >= 0.6 is 0 Å². The molecular weight excluding hydrogens is 481 g/mol. The molecule has 1 aromatic heterocycles. The number of rotatable bonds is 8. The second-order valence-corrected chi connectivity index (χ2v) is 9.44. The van der Waals surface area contributed by atoms with Gasteiger partial charge in [-0.25, -0.2) is 14.4 Å². The Morgan fingerprint density at radius 3 is 2.71 bits per heavy atom. The second kappa shape index (κ2) is 11.4. The van der Waals surface area contributed by atoms with Gasteiger partial charge in [-0.15, -0.1) is 0 Å². The van der Waals surface area contributed by atoms with Crippen molar-refractivity contribution < 1.29 is 14.3 Å². The molecule has 3 N–H and O–H groups in total. The highest BCUT2D eigenvalue weighted by Crippen LogP contribution is 2.31. The maximum atomic E-state index is 15.1. The van der Waals surface area contributed by atoms with E-state index in [4.69, 9.17) is 4.98 Å². The molecule has 0 spiro atoms. The number of piperidine rings is 1. The van der Waals surface area contributed by atoms with E-state index < -0.39 is 0 Å². The first kappa shape index (κ1) is 25.4. The van der Waals surface area contributed by atoms with Gasteiger partial charge in [0.1, 0.15) is 5.82 Å². The number of hydrogen-bond donors (Lipinski definition) is 3. The van der Waals surface area contributed by atoms with Crippen molar-refractivity contribution in [1.82, 2.24) is 9.97 Å².